The number of halogens is 1. The van der Waals surface area contributed by atoms with E-state index in [2.05, 4.69) is 21.6 Å². The number of amides is 1. The number of allylic oxidation sites excluding steroid dienone is 3. The van der Waals surface area contributed by atoms with Gasteiger partial charge in [0.2, 0.25) is 11.0 Å². The monoisotopic (exact) mass is 578 g/mol. The van der Waals surface area contributed by atoms with Crippen molar-refractivity contribution in [1.29, 1.82) is 5.26 Å². The van der Waals surface area contributed by atoms with E-state index < -0.39 is 5.92 Å². The van der Waals surface area contributed by atoms with Crippen molar-refractivity contribution in [2.75, 3.05) is 23.1 Å². The van der Waals surface area contributed by atoms with Gasteiger partial charge in [-0.2, -0.15) is 5.26 Å². The van der Waals surface area contributed by atoms with Crippen molar-refractivity contribution < 1.29 is 14.3 Å². The topological polar surface area (TPSA) is 134 Å². The highest BCUT2D eigenvalue weighted by Gasteiger charge is 2.42. The first-order chi connectivity index (χ1) is 18.9. The lowest BCUT2D eigenvalue weighted by Crippen LogP contribution is -2.38. The van der Waals surface area contributed by atoms with Crippen LogP contribution in [0.2, 0.25) is 5.02 Å². The van der Waals surface area contributed by atoms with Crippen molar-refractivity contribution in [3.8, 4) is 11.8 Å². The quantitative estimate of drug-likeness (QED) is 0.361. The molecule has 2 aromatic carbocycles. The molecule has 0 radical (unpaired) electrons. The summed E-state index contributed by atoms with van der Waals surface area (Å²) in [5.41, 5.74) is 9.47. The van der Waals surface area contributed by atoms with Crippen molar-refractivity contribution in [2.45, 2.75) is 29.5 Å². The number of methoxy groups -OCH3 is 1. The number of rotatable bonds is 7. The Balaban J connectivity index is 1.44. The van der Waals surface area contributed by atoms with Crippen LogP contribution in [-0.4, -0.2) is 34.8 Å². The van der Waals surface area contributed by atoms with Gasteiger partial charge >= 0.3 is 0 Å². The largest absolute Gasteiger partial charge is 0.496 e. The Morgan fingerprint density at radius 1 is 1.26 bits per heavy atom. The first kappa shape index (κ1) is 26.7. The molecule has 198 valence electrons. The first-order valence-corrected chi connectivity index (χ1v) is 14.2. The number of Topliss-reactive ketones (excluding diaryl/α,β-unsaturated/α-hetero) is 1. The highest BCUT2D eigenvalue weighted by atomic mass is 35.5. The molecular weight excluding hydrogens is 556 g/mol. The highest BCUT2D eigenvalue weighted by molar-refractivity contribution is 8.01. The molecule has 1 aliphatic carbocycles. The molecule has 1 unspecified atom stereocenters. The van der Waals surface area contributed by atoms with E-state index in [-0.39, 0.29) is 28.8 Å². The van der Waals surface area contributed by atoms with E-state index in [1.807, 2.05) is 18.2 Å². The number of aromatic nitrogens is 2. The number of ketones is 1. The summed E-state index contributed by atoms with van der Waals surface area (Å²) in [7, 11) is 1.56. The normalized spacial score (nSPS) is 17.1. The van der Waals surface area contributed by atoms with Crippen molar-refractivity contribution >= 4 is 57.2 Å². The van der Waals surface area contributed by atoms with Gasteiger partial charge in [0.15, 0.2) is 10.1 Å². The third-order valence-electron chi connectivity index (χ3n) is 6.41. The summed E-state index contributed by atoms with van der Waals surface area (Å²) < 4.78 is 6.12. The van der Waals surface area contributed by atoms with E-state index in [1.54, 1.807) is 42.3 Å². The molecule has 12 heteroatoms. The number of benzene rings is 2. The van der Waals surface area contributed by atoms with Crippen LogP contribution in [-0.2, 0) is 9.59 Å². The van der Waals surface area contributed by atoms with Crippen LogP contribution in [0.25, 0.3) is 0 Å². The Bertz CT molecular complexity index is 1540. The molecule has 0 spiro atoms. The molecule has 2 aliphatic rings. The zero-order valence-corrected chi connectivity index (χ0v) is 23.2. The van der Waals surface area contributed by atoms with Crippen LogP contribution >= 0.6 is 34.7 Å². The van der Waals surface area contributed by atoms with Crippen molar-refractivity contribution in [3.05, 3.63) is 81.8 Å². The predicted octanol–water partition coefficient (Wildman–Crippen LogP) is 5.24. The smallest absolute Gasteiger partial charge is 0.234 e. The Kier molecular flexibility index (Phi) is 7.88. The minimum absolute atomic E-state index is 0.0320. The summed E-state index contributed by atoms with van der Waals surface area (Å²) in [5.74, 6) is 0.0295. The van der Waals surface area contributed by atoms with E-state index >= 15 is 0 Å². The maximum atomic E-state index is 13.3. The molecule has 39 heavy (non-hydrogen) atoms. The second kappa shape index (κ2) is 11.5. The molecule has 0 saturated heterocycles. The number of carbonyl (C=O) groups is 2. The van der Waals surface area contributed by atoms with Crippen LogP contribution in [0.1, 0.15) is 30.7 Å². The number of hydrogen-bond acceptors (Lipinski definition) is 10. The zero-order chi connectivity index (χ0) is 27.5. The summed E-state index contributed by atoms with van der Waals surface area (Å²) in [6, 6.07) is 16.4. The van der Waals surface area contributed by atoms with Gasteiger partial charge < -0.3 is 15.8 Å². The van der Waals surface area contributed by atoms with Crippen LogP contribution in [0, 0.1) is 11.3 Å². The van der Waals surface area contributed by atoms with Gasteiger partial charge in [0.25, 0.3) is 0 Å². The maximum absolute atomic E-state index is 13.3. The summed E-state index contributed by atoms with van der Waals surface area (Å²) >= 11 is 8.37. The number of anilines is 2. The summed E-state index contributed by atoms with van der Waals surface area (Å²) in [6.45, 7) is 0. The van der Waals surface area contributed by atoms with Crippen LogP contribution in [0.3, 0.4) is 0 Å². The first-order valence-electron chi connectivity index (χ1n) is 12.0. The molecule has 1 aliphatic heterocycles. The van der Waals surface area contributed by atoms with Crippen LogP contribution < -0.4 is 20.7 Å². The number of para-hydroxylation sites is 1. The highest BCUT2D eigenvalue weighted by Crippen LogP contribution is 2.48. The van der Waals surface area contributed by atoms with Gasteiger partial charge in [0, 0.05) is 34.0 Å². The molecule has 1 aromatic heterocycles. The number of nitriles is 1. The summed E-state index contributed by atoms with van der Waals surface area (Å²) in [4.78, 5) is 27.4. The van der Waals surface area contributed by atoms with Gasteiger partial charge in [-0.25, -0.2) is 0 Å². The fourth-order valence-electron chi connectivity index (χ4n) is 4.73. The number of nitrogens with one attached hydrogen (secondary N) is 1. The average molecular weight is 579 g/mol. The van der Waals surface area contributed by atoms with Gasteiger partial charge in [-0.3, -0.25) is 14.5 Å². The average Bonchev–Trinajstić information content (AvgIpc) is 3.41. The van der Waals surface area contributed by atoms with Crippen molar-refractivity contribution in [2.24, 2.45) is 5.73 Å². The molecule has 9 nitrogen and oxygen atoms in total. The lowest BCUT2D eigenvalue weighted by molar-refractivity contribution is -0.116. The van der Waals surface area contributed by atoms with Crippen molar-refractivity contribution in [1.82, 2.24) is 10.2 Å². The van der Waals surface area contributed by atoms with E-state index in [0.29, 0.717) is 62.0 Å². The molecule has 1 amide bonds. The van der Waals surface area contributed by atoms with Crippen LogP contribution in [0.5, 0.6) is 5.75 Å². The number of nitrogens with two attached hydrogens (primary N) is 1. The van der Waals surface area contributed by atoms with Gasteiger partial charge in [0.1, 0.15) is 11.6 Å². The van der Waals surface area contributed by atoms with Gasteiger partial charge in [-0.05, 0) is 43.2 Å². The van der Waals surface area contributed by atoms with E-state index in [9.17, 15) is 14.9 Å². The number of ether oxygens (including phenoxy) is 1. The fourth-order valence-corrected chi connectivity index (χ4v) is 6.54. The molecule has 5 rings (SSSR count). The molecule has 1 atom stereocenters. The van der Waals surface area contributed by atoms with E-state index in [1.165, 1.54) is 23.1 Å². The van der Waals surface area contributed by atoms with E-state index in [4.69, 9.17) is 22.1 Å². The SMILES string of the molecule is COc1ccccc1C1C(C#N)=C(N)N(c2nnc(SCC(=O)Nc3ccc(Cl)cc3)s2)C2=C1C(=O)CCC2. The Labute approximate surface area is 238 Å². The third kappa shape index (κ3) is 5.36. The van der Waals surface area contributed by atoms with Gasteiger partial charge in [0.05, 0.1) is 30.4 Å². The molecule has 0 saturated carbocycles. The van der Waals surface area contributed by atoms with Crippen LogP contribution in [0.4, 0.5) is 10.8 Å². The molecule has 0 bridgehead atoms. The minimum atomic E-state index is -0.636. The fraction of sp³-hybridized carbons (Fsp3) is 0.222. The molecule has 2 heterocycles. The Morgan fingerprint density at radius 2 is 2.03 bits per heavy atom. The molecular formula is C27H23ClN6O3S2. The Morgan fingerprint density at radius 3 is 2.77 bits per heavy atom. The molecule has 3 N–H and O–H groups in total. The number of thioether (sulfide) groups is 1. The number of carbonyl (C=O) groups excluding carboxylic acids is 2. The lowest BCUT2D eigenvalue weighted by atomic mass is 9.75. The van der Waals surface area contributed by atoms with Crippen LogP contribution in [0.15, 0.2) is 75.5 Å². The summed E-state index contributed by atoms with van der Waals surface area (Å²) in [5, 5.41) is 22.6. The number of hydrogen-bond donors (Lipinski definition) is 2. The molecule has 0 fully saturated rings. The number of nitrogens with zero attached hydrogens (tertiary/aromatic N) is 4. The second-order valence-corrected chi connectivity index (χ2v) is 11.4. The molecule has 3 aromatic rings. The minimum Gasteiger partial charge on any atom is -0.496 e. The van der Waals surface area contributed by atoms with Gasteiger partial charge in [-0.1, -0.05) is 52.9 Å². The van der Waals surface area contributed by atoms with Crippen molar-refractivity contribution in [3.63, 3.8) is 0 Å². The van der Waals surface area contributed by atoms with Gasteiger partial charge in [-0.15, -0.1) is 10.2 Å². The lowest BCUT2D eigenvalue weighted by Gasteiger charge is -2.38. The summed E-state index contributed by atoms with van der Waals surface area (Å²) in [6.07, 6.45) is 1.64. The zero-order valence-electron chi connectivity index (χ0n) is 20.8. The predicted molar refractivity (Wildman–Crippen MR) is 152 cm³/mol. The standard InChI is InChI=1S/C27H23ClN6O3S2/c1-37-21-8-3-2-5-17(21)23-18(13-29)25(30)34(19-6-4-7-20(35)24(19)23)26-32-33-27(39-26)38-14-22(36)31-16-11-9-15(28)10-12-16/h2-3,5,8-12,23H,4,6-7,14,30H2,1H3,(H,31,36). The second-order valence-electron chi connectivity index (χ2n) is 8.75. The third-order valence-corrected chi connectivity index (χ3v) is 8.70. The van der Waals surface area contributed by atoms with E-state index in [0.717, 1.165) is 0 Å². The Hall–Kier alpha value is -3.85. The maximum Gasteiger partial charge on any atom is 0.234 e.